The molecular weight excluding hydrogens is 290 g/mol. The standard InChI is InChI=1S/C18H27N3O2/c1-4-23-15-11-18(19,17(15,2)3)16(22)21-13-7-8-14-12(10-13)6-5-9-20-14/h7-8,10,15,20H,4-6,9,11,19H2,1-3H3,(H,21,22). The SMILES string of the molecule is CCOC1CC(N)(C(=O)Nc2ccc3c(c2)CCCN3)C1(C)C. The molecule has 0 bridgehead atoms. The molecule has 1 aliphatic carbocycles. The Labute approximate surface area is 138 Å². The fourth-order valence-electron chi connectivity index (χ4n) is 3.62. The van der Waals surface area contributed by atoms with Crippen LogP contribution >= 0.6 is 0 Å². The number of fused-ring (bicyclic) bond motifs is 1. The average molecular weight is 317 g/mol. The van der Waals surface area contributed by atoms with Crippen LogP contribution in [0, 0.1) is 5.41 Å². The van der Waals surface area contributed by atoms with Gasteiger partial charge in [-0.2, -0.15) is 0 Å². The highest BCUT2D eigenvalue weighted by molar-refractivity contribution is 6.00. The van der Waals surface area contributed by atoms with Crippen LogP contribution < -0.4 is 16.4 Å². The van der Waals surface area contributed by atoms with Crippen molar-refractivity contribution < 1.29 is 9.53 Å². The van der Waals surface area contributed by atoms with Crippen LogP contribution in [-0.4, -0.2) is 30.7 Å². The topological polar surface area (TPSA) is 76.4 Å². The van der Waals surface area contributed by atoms with Gasteiger partial charge in [0, 0.05) is 36.4 Å². The van der Waals surface area contributed by atoms with Crippen molar-refractivity contribution >= 4 is 17.3 Å². The summed E-state index contributed by atoms with van der Waals surface area (Å²) in [5.41, 5.74) is 8.40. The molecule has 1 saturated carbocycles. The van der Waals surface area contributed by atoms with Gasteiger partial charge in [0.2, 0.25) is 5.91 Å². The molecule has 3 rings (SSSR count). The number of carbonyl (C=O) groups excluding carboxylic acids is 1. The summed E-state index contributed by atoms with van der Waals surface area (Å²) in [5.74, 6) is -0.123. The third-order valence-corrected chi connectivity index (χ3v) is 5.54. The summed E-state index contributed by atoms with van der Waals surface area (Å²) in [7, 11) is 0. The summed E-state index contributed by atoms with van der Waals surface area (Å²) in [4.78, 5) is 12.7. The number of anilines is 2. The normalized spacial score (nSPS) is 28.3. The molecule has 23 heavy (non-hydrogen) atoms. The van der Waals surface area contributed by atoms with Crippen LogP contribution in [0.2, 0.25) is 0 Å². The van der Waals surface area contributed by atoms with Crippen molar-refractivity contribution in [1.82, 2.24) is 0 Å². The van der Waals surface area contributed by atoms with Gasteiger partial charge in [-0.25, -0.2) is 0 Å². The minimum absolute atomic E-state index is 0.0379. The molecule has 4 N–H and O–H groups in total. The van der Waals surface area contributed by atoms with Gasteiger partial charge in [-0.1, -0.05) is 13.8 Å². The van der Waals surface area contributed by atoms with E-state index in [1.54, 1.807) is 0 Å². The summed E-state index contributed by atoms with van der Waals surface area (Å²) in [6.07, 6.45) is 2.76. The molecule has 0 aromatic heterocycles. The Bertz CT molecular complexity index is 614. The predicted octanol–water partition coefficient (Wildman–Crippen LogP) is 2.52. The Hall–Kier alpha value is -1.59. The zero-order valence-electron chi connectivity index (χ0n) is 14.2. The lowest BCUT2D eigenvalue weighted by molar-refractivity contribution is -0.166. The number of benzene rings is 1. The summed E-state index contributed by atoms with van der Waals surface area (Å²) in [6, 6.07) is 6.01. The largest absolute Gasteiger partial charge is 0.385 e. The van der Waals surface area contributed by atoms with E-state index >= 15 is 0 Å². The van der Waals surface area contributed by atoms with Gasteiger partial charge >= 0.3 is 0 Å². The van der Waals surface area contributed by atoms with E-state index in [2.05, 4.69) is 16.7 Å². The number of hydrogen-bond donors (Lipinski definition) is 3. The second-order valence-corrected chi connectivity index (χ2v) is 7.20. The maximum atomic E-state index is 12.7. The van der Waals surface area contributed by atoms with Crippen molar-refractivity contribution in [3.63, 3.8) is 0 Å². The van der Waals surface area contributed by atoms with E-state index in [0.717, 1.165) is 30.8 Å². The number of carbonyl (C=O) groups is 1. The first-order valence-electron chi connectivity index (χ1n) is 8.47. The molecule has 2 aliphatic rings. The number of ether oxygens (including phenoxy) is 1. The van der Waals surface area contributed by atoms with Crippen molar-refractivity contribution in [2.45, 2.75) is 51.7 Å². The molecular formula is C18H27N3O2. The van der Waals surface area contributed by atoms with Gasteiger partial charge in [-0.3, -0.25) is 4.79 Å². The van der Waals surface area contributed by atoms with Gasteiger partial charge in [0.25, 0.3) is 0 Å². The van der Waals surface area contributed by atoms with E-state index in [0.29, 0.717) is 13.0 Å². The van der Waals surface area contributed by atoms with Crippen molar-refractivity contribution in [1.29, 1.82) is 0 Å². The molecule has 5 nitrogen and oxygen atoms in total. The van der Waals surface area contributed by atoms with Gasteiger partial charge in [-0.05, 0) is 43.5 Å². The Kier molecular flexibility index (Phi) is 4.10. The van der Waals surface area contributed by atoms with Crippen LogP contribution in [-0.2, 0) is 16.0 Å². The third-order valence-electron chi connectivity index (χ3n) is 5.54. The van der Waals surface area contributed by atoms with E-state index in [1.165, 1.54) is 5.56 Å². The first-order valence-corrected chi connectivity index (χ1v) is 8.47. The molecule has 1 aromatic carbocycles. The maximum Gasteiger partial charge on any atom is 0.245 e. The smallest absolute Gasteiger partial charge is 0.245 e. The van der Waals surface area contributed by atoms with Crippen molar-refractivity contribution in [3.8, 4) is 0 Å². The van der Waals surface area contributed by atoms with E-state index < -0.39 is 5.54 Å². The first kappa shape index (κ1) is 16.3. The Morgan fingerprint density at radius 2 is 2.26 bits per heavy atom. The Morgan fingerprint density at radius 1 is 1.48 bits per heavy atom. The van der Waals surface area contributed by atoms with E-state index in [-0.39, 0.29) is 17.4 Å². The number of aryl methyl sites for hydroxylation is 1. The molecule has 5 heteroatoms. The Morgan fingerprint density at radius 3 is 2.96 bits per heavy atom. The Balaban J connectivity index is 1.72. The maximum absolute atomic E-state index is 12.7. The molecule has 2 atom stereocenters. The first-order chi connectivity index (χ1) is 10.9. The van der Waals surface area contributed by atoms with Gasteiger partial charge in [-0.15, -0.1) is 0 Å². The fourth-order valence-corrected chi connectivity index (χ4v) is 3.62. The molecule has 1 aromatic rings. The monoisotopic (exact) mass is 317 g/mol. The molecule has 0 radical (unpaired) electrons. The van der Waals surface area contributed by atoms with Crippen LogP contribution in [0.4, 0.5) is 11.4 Å². The molecule has 1 amide bonds. The average Bonchev–Trinajstić information content (AvgIpc) is 2.54. The molecule has 1 fully saturated rings. The quantitative estimate of drug-likeness (QED) is 0.797. The lowest BCUT2D eigenvalue weighted by Crippen LogP contribution is -2.74. The lowest BCUT2D eigenvalue weighted by Gasteiger charge is -2.57. The van der Waals surface area contributed by atoms with Crippen LogP contribution in [0.3, 0.4) is 0 Å². The highest BCUT2D eigenvalue weighted by Crippen LogP contribution is 2.50. The van der Waals surface area contributed by atoms with E-state index in [4.69, 9.17) is 10.5 Å². The van der Waals surface area contributed by atoms with Gasteiger partial charge in [0.05, 0.1) is 6.10 Å². The molecule has 1 heterocycles. The van der Waals surface area contributed by atoms with Crippen molar-refractivity contribution in [2.75, 3.05) is 23.8 Å². The zero-order valence-corrected chi connectivity index (χ0v) is 14.2. The summed E-state index contributed by atoms with van der Waals surface area (Å²) < 4.78 is 5.70. The van der Waals surface area contributed by atoms with Crippen LogP contribution in [0.25, 0.3) is 0 Å². The second-order valence-electron chi connectivity index (χ2n) is 7.20. The minimum atomic E-state index is -0.888. The number of hydrogen-bond acceptors (Lipinski definition) is 4. The van der Waals surface area contributed by atoms with Crippen LogP contribution in [0.15, 0.2) is 18.2 Å². The highest BCUT2D eigenvalue weighted by atomic mass is 16.5. The molecule has 126 valence electrons. The molecule has 0 saturated heterocycles. The number of nitrogens with one attached hydrogen (secondary N) is 2. The number of amides is 1. The van der Waals surface area contributed by atoms with Crippen LogP contribution in [0.5, 0.6) is 0 Å². The minimum Gasteiger partial charge on any atom is -0.385 e. The van der Waals surface area contributed by atoms with Gasteiger partial charge < -0.3 is 21.1 Å². The third kappa shape index (κ3) is 2.62. The number of nitrogens with two attached hydrogens (primary N) is 1. The number of rotatable bonds is 4. The zero-order chi connectivity index (χ0) is 16.7. The lowest BCUT2D eigenvalue weighted by atomic mass is 9.54. The summed E-state index contributed by atoms with van der Waals surface area (Å²) in [6.45, 7) is 7.63. The molecule has 1 aliphatic heterocycles. The van der Waals surface area contributed by atoms with Crippen LogP contribution in [0.1, 0.15) is 39.2 Å². The van der Waals surface area contributed by atoms with E-state index in [9.17, 15) is 4.79 Å². The van der Waals surface area contributed by atoms with E-state index in [1.807, 2.05) is 32.9 Å². The fraction of sp³-hybridized carbons (Fsp3) is 0.611. The highest BCUT2D eigenvalue weighted by Gasteiger charge is 2.62. The molecule has 2 unspecified atom stereocenters. The summed E-state index contributed by atoms with van der Waals surface area (Å²) >= 11 is 0. The van der Waals surface area contributed by atoms with Crippen molar-refractivity contribution in [2.24, 2.45) is 11.1 Å². The molecule has 0 spiro atoms. The van der Waals surface area contributed by atoms with Gasteiger partial charge in [0.1, 0.15) is 5.54 Å². The second kappa shape index (κ2) is 5.80. The predicted molar refractivity (Wildman–Crippen MR) is 92.6 cm³/mol. The summed E-state index contributed by atoms with van der Waals surface area (Å²) in [5, 5.41) is 6.38. The van der Waals surface area contributed by atoms with Crippen molar-refractivity contribution in [3.05, 3.63) is 23.8 Å². The van der Waals surface area contributed by atoms with Gasteiger partial charge in [0.15, 0.2) is 0 Å².